The largest absolute Gasteiger partial charge is 0.444 e. The Hall–Kier alpha value is -2.60. The van der Waals surface area contributed by atoms with Crippen molar-refractivity contribution in [2.24, 2.45) is 0 Å². The number of aliphatic hydroxyl groups excluding tert-OH is 1. The van der Waals surface area contributed by atoms with E-state index in [1.807, 2.05) is 46.8 Å². The van der Waals surface area contributed by atoms with Crippen LogP contribution in [0.2, 0.25) is 0 Å². The van der Waals surface area contributed by atoms with E-state index < -0.39 is 17.7 Å². The molecule has 6 nitrogen and oxygen atoms in total. The fourth-order valence-electron chi connectivity index (χ4n) is 2.24. The van der Waals surface area contributed by atoms with Crippen LogP contribution in [0.1, 0.15) is 68.7 Å². The highest BCUT2D eigenvalue weighted by Crippen LogP contribution is 2.11. The number of carbonyl (C=O) groups excluding carboxylic acids is 2. The van der Waals surface area contributed by atoms with E-state index in [0.717, 1.165) is 11.1 Å². The average Bonchev–Trinajstić information content (AvgIpc) is 2.74. The molecule has 0 bridgehead atoms. The van der Waals surface area contributed by atoms with E-state index in [0.29, 0.717) is 13.0 Å². The standard InChI is InChI=1S/C22H34N2O4.2C2H6/c1-8-11-12-18(9-2)15-24(10-3)20(26)14-17(4)13-19(16-25)23-21(27)28-22(5,6)7;2*1-2/h8-12,14,19,25H,1,3,13,15-16H2,2,4-7H3,(H,23,27);2*1-2H3/b12-11-,17-14+,18-9+;;. The number of amides is 2. The Morgan fingerprint density at radius 3 is 2.12 bits per heavy atom. The zero-order chi connectivity index (χ0) is 25.7. The second-order valence-electron chi connectivity index (χ2n) is 7.33. The number of ether oxygens (including phenoxy) is 1. The minimum atomic E-state index is -0.625. The molecular formula is C26H46N2O4. The fraction of sp³-hybridized carbons (Fsp3) is 0.538. The summed E-state index contributed by atoms with van der Waals surface area (Å²) in [6, 6.07) is -0.544. The Morgan fingerprint density at radius 1 is 1.16 bits per heavy atom. The van der Waals surface area contributed by atoms with Crippen LogP contribution in [-0.2, 0) is 9.53 Å². The van der Waals surface area contributed by atoms with E-state index in [1.54, 1.807) is 39.8 Å². The molecule has 0 aromatic rings. The maximum atomic E-state index is 12.5. The van der Waals surface area contributed by atoms with Gasteiger partial charge in [0.15, 0.2) is 0 Å². The van der Waals surface area contributed by atoms with Crippen LogP contribution in [0.4, 0.5) is 4.79 Å². The molecule has 0 radical (unpaired) electrons. The molecule has 0 aliphatic carbocycles. The van der Waals surface area contributed by atoms with Crippen molar-refractivity contribution in [3.63, 3.8) is 0 Å². The molecule has 2 amide bonds. The molecule has 184 valence electrons. The summed E-state index contributed by atoms with van der Waals surface area (Å²) < 4.78 is 5.19. The van der Waals surface area contributed by atoms with Crippen molar-refractivity contribution in [1.82, 2.24) is 10.2 Å². The van der Waals surface area contributed by atoms with Crippen LogP contribution in [0.15, 0.2) is 60.9 Å². The number of allylic oxidation sites excluding steroid dienone is 3. The van der Waals surface area contributed by atoms with Gasteiger partial charge in [-0.3, -0.25) is 4.79 Å². The number of nitrogens with one attached hydrogen (secondary N) is 1. The van der Waals surface area contributed by atoms with Gasteiger partial charge in [0, 0.05) is 12.3 Å². The summed E-state index contributed by atoms with van der Waals surface area (Å²) in [5.41, 5.74) is 1.04. The van der Waals surface area contributed by atoms with Crippen LogP contribution in [0.5, 0.6) is 0 Å². The topological polar surface area (TPSA) is 78.9 Å². The van der Waals surface area contributed by atoms with Crippen LogP contribution in [0.25, 0.3) is 0 Å². The van der Waals surface area contributed by atoms with Gasteiger partial charge in [-0.15, -0.1) is 0 Å². The Bertz CT molecular complexity index is 641. The number of hydrogen-bond donors (Lipinski definition) is 2. The summed E-state index contributed by atoms with van der Waals surface area (Å²) in [6.07, 6.45) is 9.92. The molecule has 0 heterocycles. The van der Waals surface area contributed by atoms with Gasteiger partial charge in [0.05, 0.1) is 19.2 Å². The first-order valence-corrected chi connectivity index (χ1v) is 11.2. The van der Waals surface area contributed by atoms with Gasteiger partial charge in [0.1, 0.15) is 5.60 Å². The van der Waals surface area contributed by atoms with E-state index in [-0.39, 0.29) is 12.5 Å². The van der Waals surface area contributed by atoms with E-state index in [1.165, 1.54) is 17.2 Å². The Labute approximate surface area is 196 Å². The number of carbonyl (C=O) groups is 2. The summed E-state index contributed by atoms with van der Waals surface area (Å²) in [7, 11) is 0. The van der Waals surface area contributed by atoms with Gasteiger partial charge < -0.3 is 20.1 Å². The third kappa shape index (κ3) is 18.2. The molecule has 1 atom stereocenters. The average molecular weight is 451 g/mol. The number of alkyl carbamates (subject to hydrolysis) is 1. The third-order valence-electron chi connectivity index (χ3n) is 3.55. The third-order valence-corrected chi connectivity index (χ3v) is 3.55. The molecule has 0 spiro atoms. The van der Waals surface area contributed by atoms with Gasteiger partial charge in [-0.2, -0.15) is 0 Å². The Kier molecular flexibility index (Phi) is 21.6. The molecule has 0 aromatic heterocycles. The predicted molar refractivity (Wildman–Crippen MR) is 136 cm³/mol. The van der Waals surface area contributed by atoms with Crippen LogP contribution < -0.4 is 5.32 Å². The van der Waals surface area contributed by atoms with Crippen LogP contribution in [0, 0.1) is 0 Å². The lowest BCUT2D eigenvalue weighted by Crippen LogP contribution is -2.41. The summed E-state index contributed by atoms with van der Waals surface area (Å²) >= 11 is 0. The van der Waals surface area contributed by atoms with Crippen molar-refractivity contribution >= 4 is 12.0 Å². The first kappa shape index (κ1) is 34.0. The van der Waals surface area contributed by atoms with Gasteiger partial charge in [0.25, 0.3) is 5.91 Å². The molecule has 1 unspecified atom stereocenters. The molecule has 0 saturated heterocycles. The smallest absolute Gasteiger partial charge is 0.407 e. The van der Waals surface area contributed by atoms with E-state index in [2.05, 4.69) is 18.5 Å². The summed E-state index contributed by atoms with van der Waals surface area (Å²) in [6.45, 7) is 24.4. The van der Waals surface area contributed by atoms with E-state index in [4.69, 9.17) is 4.74 Å². The molecule has 32 heavy (non-hydrogen) atoms. The van der Waals surface area contributed by atoms with Crippen molar-refractivity contribution in [1.29, 1.82) is 0 Å². The summed E-state index contributed by atoms with van der Waals surface area (Å²) in [5, 5.41) is 12.1. The van der Waals surface area contributed by atoms with Crippen LogP contribution in [-0.4, -0.2) is 46.8 Å². The zero-order valence-corrected chi connectivity index (χ0v) is 21.7. The minimum Gasteiger partial charge on any atom is -0.444 e. The van der Waals surface area contributed by atoms with E-state index >= 15 is 0 Å². The molecule has 2 N–H and O–H groups in total. The minimum absolute atomic E-state index is 0.229. The van der Waals surface area contributed by atoms with Crippen molar-refractivity contribution in [3.8, 4) is 0 Å². The first-order valence-electron chi connectivity index (χ1n) is 11.2. The number of rotatable bonds is 10. The van der Waals surface area contributed by atoms with E-state index in [9.17, 15) is 14.7 Å². The molecule has 0 aliphatic heterocycles. The lowest BCUT2D eigenvalue weighted by molar-refractivity contribution is -0.123. The van der Waals surface area contributed by atoms with Crippen molar-refractivity contribution in [3.05, 3.63) is 60.9 Å². The SMILES string of the molecule is C=C/C=C\C(=C/C)CN(C=C)C(=O)/C=C(\C)CC(CO)NC(=O)OC(C)(C)C.CC.CC. The maximum Gasteiger partial charge on any atom is 0.407 e. The molecule has 6 heteroatoms. The monoisotopic (exact) mass is 450 g/mol. The zero-order valence-electron chi connectivity index (χ0n) is 21.7. The van der Waals surface area contributed by atoms with Gasteiger partial charge >= 0.3 is 6.09 Å². The van der Waals surface area contributed by atoms with Crippen LogP contribution >= 0.6 is 0 Å². The lowest BCUT2D eigenvalue weighted by Gasteiger charge is -2.23. The normalized spacial score (nSPS) is 12.4. The highest BCUT2D eigenvalue weighted by Gasteiger charge is 2.19. The van der Waals surface area contributed by atoms with Crippen molar-refractivity contribution < 1.29 is 19.4 Å². The second kappa shape index (κ2) is 20.3. The number of nitrogens with zero attached hydrogens (tertiary/aromatic N) is 1. The second-order valence-corrected chi connectivity index (χ2v) is 7.33. The molecular weight excluding hydrogens is 404 g/mol. The summed E-state index contributed by atoms with van der Waals surface area (Å²) in [4.78, 5) is 25.9. The Balaban J connectivity index is -0.00000198. The predicted octanol–water partition coefficient (Wildman–Crippen LogP) is 5.92. The summed E-state index contributed by atoms with van der Waals surface area (Å²) in [5.74, 6) is -0.229. The maximum absolute atomic E-state index is 12.5. The first-order chi connectivity index (χ1) is 15.1. The molecule has 0 aliphatic rings. The van der Waals surface area contributed by atoms with Gasteiger partial charge in [-0.25, -0.2) is 4.79 Å². The van der Waals surface area contributed by atoms with Crippen molar-refractivity contribution in [2.45, 2.75) is 80.4 Å². The molecule has 0 fully saturated rings. The quantitative estimate of drug-likeness (QED) is 0.320. The lowest BCUT2D eigenvalue weighted by atomic mass is 10.1. The number of hydrogen-bond acceptors (Lipinski definition) is 4. The highest BCUT2D eigenvalue weighted by molar-refractivity contribution is 5.89. The fourth-order valence-corrected chi connectivity index (χ4v) is 2.24. The molecule has 0 aromatic carbocycles. The molecule has 0 saturated carbocycles. The number of aliphatic hydroxyl groups is 1. The molecule has 0 rings (SSSR count). The van der Waals surface area contributed by atoms with Gasteiger partial charge in [0.2, 0.25) is 0 Å². The van der Waals surface area contributed by atoms with Crippen molar-refractivity contribution in [2.75, 3.05) is 13.2 Å². The highest BCUT2D eigenvalue weighted by atomic mass is 16.6. The Morgan fingerprint density at radius 2 is 1.72 bits per heavy atom. The van der Waals surface area contributed by atoms with Gasteiger partial charge in [-0.1, -0.05) is 70.7 Å². The van der Waals surface area contributed by atoms with Crippen LogP contribution in [0.3, 0.4) is 0 Å². The van der Waals surface area contributed by atoms with Gasteiger partial charge in [-0.05, 0) is 46.6 Å².